The van der Waals surface area contributed by atoms with E-state index in [4.69, 9.17) is 22.1 Å². The Balaban J connectivity index is 1.99. The monoisotopic (exact) mass is 298 g/mol. The summed E-state index contributed by atoms with van der Waals surface area (Å²) in [5.74, 6) is 0.773. The highest BCUT2D eigenvalue weighted by Crippen LogP contribution is 2.33. The molecular formula is C17H15ClN2O. The molecule has 0 fully saturated rings. The summed E-state index contributed by atoms with van der Waals surface area (Å²) in [6, 6.07) is 15.5. The lowest BCUT2D eigenvalue weighted by atomic mass is 10.1. The van der Waals surface area contributed by atoms with Crippen molar-refractivity contribution in [2.45, 2.75) is 6.10 Å². The summed E-state index contributed by atoms with van der Waals surface area (Å²) in [5, 5.41) is 2.66. The highest BCUT2D eigenvalue weighted by atomic mass is 35.5. The topological polar surface area (TPSA) is 48.1 Å². The van der Waals surface area contributed by atoms with Gasteiger partial charge in [0, 0.05) is 40.3 Å². The fourth-order valence-corrected chi connectivity index (χ4v) is 2.54. The highest BCUT2D eigenvalue weighted by molar-refractivity contribution is 6.35. The van der Waals surface area contributed by atoms with Crippen molar-refractivity contribution in [1.29, 1.82) is 0 Å². The van der Waals surface area contributed by atoms with Gasteiger partial charge in [0.05, 0.1) is 0 Å². The fraction of sp³-hybridized carbons (Fsp3) is 0.118. The van der Waals surface area contributed by atoms with Gasteiger partial charge < -0.3 is 10.5 Å². The van der Waals surface area contributed by atoms with E-state index in [2.05, 4.69) is 4.98 Å². The standard InChI is InChI=1S/C17H15ClN2O/c18-15-7-8-16(14-6-2-1-5-13(14)15)21-17(10-19)12-4-3-9-20-11-12/h1-9,11,17H,10,19H2. The minimum absolute atomic E-state index is 0.233. The Morgan fingerprint density at radius 1 is 1.05 bits per heavy atom. The maximum atomic E-state index is 6.23. The van der Waals surface area contributed by atoms with Crippen LogP contribution in [0.25, 0.3) is 10.8 Å². The van der Waals surface area contributed by atoms with Gasteiger partial charge >= 0.3 is 0 Å². The van der Waals surface area contributed by atoms with Crippen LogP contribution in [0.1, 0.15) is 11.7 Å². The molecule has 0 spiro atoms. The molecule has 1 aromatic heterocycles. The molecule has 0 aliphatic heterocycles. The number of hydrogen-bond donors (Lipinski definition) is 1. The van der Waals surface area contributed by atoms with E-state index in [1.54, 1.807) is 12.4 Å². The second-order valence-corrected chi connectivity index (χ2v) is 5.13. The zero-order valence-corrected chi connectivity index (χ0v) is 12.1. The van der Waals surface area contributed by atoms with Gasteiger partial charge in [-0.25, -0.2) is 0 Å². The molecule has 3 rings (SSSR count). The average Bonchev–Trinajstić information content (AvgIpc) is 2.55. The Bertz CT molecular complexity index is 746. The van der Waals surface area contributed by atoms with Crippen molar-refractivity contribution in [3.63, 3.8) is 0 Å². The Hall–Kier alpha value is -2.10. The van der Waals surface area contributed by atoms with Crippen LogP contribution in [0.4, 0.5) is 0 Å². The first-order chi connectivity index (χ1) is 10.3. The summed E-state index contributed by atoms with van der Waals surface area (Å²) in [4.78, 5) is 4.11. The van der Waals surface area contributed by atoms with Crippen LogP contribution in [0, 0.1) is 0 Å². The molecule has 1 heterocycles. The van der Waals surface area contributed by atoms with E-state index >= 15 is 0 Å². The molecule has 0 aliphatic rings. The number of rotatable bonds is 4. The summed E-state index contributed by atoms with van der Waals surface area (Å²) in [7, 11) is 0. The molecule has 2 N–H and O–H groups in total. The summed E-state index contributed by atoms with van der Waals surface area (Å²) in [6.45, 7) is 0.378. The minimum atomic E-state index is -0.233. The number of nitrogens with two attached hydrogens (primary N) is 1. The van der Waals surface area contributed by atoms with Crippen LogP contribution in [0.2, 0.25) is 5.02 Å². The fourth-order valence-electron chi connectivity index (χ4n) is 2.31. The van der Waals surface area contributed by atoms with Crippen LogP contribution in [0.15, 0.2) is 60.9 Å². The van der Waals surface area contributed by atoms with Crippen molar-refractivity contribution in [3.8, 4) is 5.75 Å². The van der Waals surface area contributed by atoms with Crippen LogP contribution in [-0.2, 0) is 0 Å². The molecule has 1 atom stereocenters. The van der Waals surface area contributed by atoms with E-state index in [9.17, 15) is 0 Å². The second kappa shape index (κ2) is 6.12. The number of halogens is 1. The predicted octanol–water partition coefficient (Wildman–Crippen LogP) is 3.97. The molecule has 1 unspecified atom stereocenters. The zero-order valence-electron chi connectivity index (χ0n) is 11.4. The van der Waals surface area contributed by atoms with Gasteiger partial charge in [0.25, 0.3) is 0 Å². The summed E-state index contributed by atoms with van der Waals surface area (Å²) < 4.78 is 6.09. The third kappa shape index (κ3) is 2.84. The van der Waals surface area contributed by atoms with Gasteiger partial charge in [-0.15, -0.1) is 0 Å². The highest BCUT2D eigenvalue weighted by Gasteiger charge is 2.14. The number of aromatic nitrogens is 1. The van der Waals surface area contributed by atoms with Crippen molar-refractivity contribution in [2.75, 3.05) is 6.54 Å². The molecule has 3 nitrogen and oxygen atoms in total. The second-order valence-electron chi connectivity index (χ2n) is 4.72. The van der Waals surface area contributed by atoms with E-state index in [0.717, 1.165) is 22.1 Å². The quantitative estimate of drug-likeness (QED) is 0.793. The SMILES string of the molecule is NCC(Oc1ccc(Cl)c2ccccc12)c1cccnc1. The van der Waals surface area contributed by atoms with Crippen LogP contribution in [0.3, 0.4) is 0 Å². The Morgan fingerprint density at radius 2 is 1.86 bits per heavy atom. The molecule has 0 amide bonds. The summed E-state index contributed by atoms with van der Waals surface area (Å²) in [5.41, 5.74) is 6.81. The van der Waals surface area contributed by atoms with Crippen LogP contribution in [-0.4, -0.2) is 11.5 Å². The molecule has 0 saturated carbocycles. The van der Waals surface area contributed by atoms with Gasteiger partial charge in [-0.05, 0) is 18.2 Å². The number of nitrogens with zero attached hydrogens (tertiary/aromatic N) is 1. The van der Waals surface area contributed by atoms with Gasteiger partial charge in [0.2, 0.25) is 0 Å². The van der Waals surface area contributed by atoms with Crippen molar-refractivity contribution in [2.24, 2.45) is 5.73 Å². The minimum Gasteiger partial charge on any atom is -0.484 e. The average molecular weight is 299 g/mol. The van der Waals surface area contributed by atoms with Crippen molar-refractivity contribution >= 4 is 22.4 Å². The third-order valence-corrected chi connectivity index (χ3v) is 3.70. The molecule has 0 bridgehead atoms. The first kappa shape index (κ1) is 13.9. The molecule has 106 valence electrons. The molecule has 2 aromatic carbocycles. The summed E-state index contributed by atoms with van der Waals surface area (Å²) in [6.07, 6.45) is 3.27. The van der Waals surface area contributed by atoms with Crippen molar-refractivity contribution in [1.82, 2.24) is 4.98 Å². The zero-order chi connectivity index (χ0) is 14.7. The Kier molecular flexibility index (Phi) is 4.04. The lowest BCUT2D eigenvalue weighted by Crippen LogP contribution is -2.18. The Morgan fingerprint density at radius 3 is 2.57 bits per heavy atom. The van der Waals surface area contributed by atoms with E-state index < -0.39 is 0 Å². The lowest BCUT2D eigenvalue weighted by molar-refractivity contribution is 0.216. The van der Waals surface area contributed by atoms with Crippen LogP contribution < -0.4 is 10.5 Å². The van der Waals surface area contributed by atoms with E-state index in [-0.39, 0.29) is 6.10 Å². The maximum absolute atomic E-state index is 6.23. The number of pyridine rings is 1. The third-order valence-electron chi connectivity index (χ3n) is 3.37. The van der Waals surface area contributed by atoms with E-state index in [1.165, 1.54) is 0 Å². The smallest absolute Gasteiger partial charge is 0.137 e. The molecule has 0 aliphatic carbocycles. The molecule has 21 heavy (non-hydrogen) atoms. The Labute approximate surface area is 128 Å². The largest absolute Gasteiger partial charge is 0.484 e. The number of ether oxygens (including phenoxy) is 1. The maximum Gasteiger partial charge on any atom is 0.137 e. The normalized spacial score (nSPS) is 12.3. The van der Waals surface area contributed by atoms with Gasteiger partial charge in [-0.2, -0.15) is 0 Å². The number of hydrogen-bond acceptors (Lipinski definition) is 3. The van der Waals surface area contributed by atoms with Gasteiger partial charge in [0.15, 0.2) is 0 Å². The molecule has 3 aromatic rings. The van der Waals surface area contributed by atoms with Crippen LogP contribution in [0.5, 0.6) is 5.75 Å². The van der Waals surface area contributed by atoms with Crippen LogP contribution >= 0.6 is 11.6 Å². The first-order valence-corrected chi connectivity index (χ1v) is 7.11. The lowest BCUT2D eigenvalue weighted by Gasteiger charge is -2.19. The van der Waals surface area contributed by atoms with Gasteiger partial charge in [0.1, 0.15) is 11.9 Å². The molecular weight excluding hydrogens is 284 g/mol. The number of benzene rings is 2. The molecule has 0 radical (unpaired) electrons. The molecule has 4 heteroatoms. The van der Waals surface area contributed by atoms with Gasteiger partial charge in [-0.1, -0.05) is 41.9 Å². The number of fused-ring (bicyclic) bond motifs is 1. The van der Waals surface area contributed by atoms with Gasteiger partial charge in [-0.3, -0.25) is 4.98 Å². The predicted molar refractivity (Wildman–Crippen MR) is 85.6 cm³/mol. The first-order valence-electron chi connectivity index (χ1n) is 6.73. The van der Waals surface area contributed by atoms with Crippen molar-refractivity contribution < 1.29 is 4.74 Å². The van der Waals surface area contributed by atoms with E-state index in [0.29, 0.717) is 11.6 Å². The molecule has 0 saturated heterocycles. The van der Waals surface area contributed by atoms with E-state index in [1.807, 2.05) is 48.5 Å². The van der Waals surface area contributed by atoms with Crippen molar-refractivity contribution in [3.05, 3.63) is 71.5 Å². The summed E-state index contributed by atoms with van der Waals surface area (Å²) >= 11 is 6.23.